The van der Waals surface area contributed by atoms with E-state index in [1.807, 2.05) is 0 Å². The van der Waals surface area contributed by atoms with Crippen LogP contribution in [0.1, 0.15) is 19.8 Å². The molecule has 9 heavy (non-hydrogen) atoms. The van der Waals surface area contributed by atoms with Crippen LogP contribution in [0.3, 0.4) is 0 Å². The largest absolute Gasteiger partial charge is 0.298 e. The zero-order valence-corrected chi connectivity index (χ0v) is 5.88. The number of hydrogen-bond donors (Lipinski definition) is 0. The molecule has 0 N–H and O–H groups in total. The van der Waals surface area contributed by atoms with Crippen molar-refractivity contribution in [2.24, 2.45) is 22.7 Å². The number of fused-ring (bicyclic) bond motifs is 1. The Morgan fingerprint density at radius 2 is 2.33 bits per heavy atom. The SMILES string of the molecule is CC1C2CC=NCCC12. The van der Waals surface area contributed by atoms with Crippen molar-refractivity contribution in [2.45, 2.75) is 19.8 Å². The average molecular weight is 123 g/mol. The minimum atomic E-state index is 1.01. The number of hydrogen-bond acceptors (Lipinski definition) is 1. The van der Waals surface area contributed by atoms with E-state index < -0.39 is 0 Å². The molecule has 0 amide bonds. The van der Waals surface area contributed by atoms with E-state index in [2.05, 4.69) is 18.1 Å². The zero-order chi connectivity index (χ0) is 6.27. The quantitative estimate of drug-likeness (QED) is 0.465. The molecule has 0 radical (unpaired) electrons. The summed E-state index contributed by atoms with van der Waals surface area (Å²) >= 11 is 0. The maximum atomic E-state index is 4.26. The molecule has 0 aromatic rings. The van der Waals surface area contributed by atoms with Gasteiger partial charge in [0.15, 0.2) is 0 Å². The highest BCUT2D eigenvalue weighted by Gasteiger charge is 2.45. The summed E-state index contributed by atoms with van der Waals surface area (Å²) in [7, 11) is 0. The highest BCUT2D eigenvalue weighted by molar-refractivity contribution is 5.58. The van der Waals surface area contributed by atoms with Gasteiger partial charge in [-0.3, -0.25) is 4.99 Å². The minimum absolute atomic E-state index is 1.01. The van der Waals surface area contributed by atoms with Crippen molar-refractivity contribution in [1.82, 2.24) is 0 Å². The van der Waals surface area contributed by atoms with Crippen LogP contribution in [-0.4, -0.2) is 12.8 Å². The van der Waals surface area contributed by atoms with Crippen LogP contribution in [0.15, 0.2) is 4.99 Å². The van der Waals surface area contributed by atoms with Crippen molar-refractivity contribution in [2.75, 3.05) is 6.54 Å². The van der Waals surface area contributed by atoms with Crippen molar-refractivity contribution in [3.8, 4) is 0 Å². The van der Waals surface area contributed by atoms with Gasteiger partial charge < -0.3 is 0 Å². The lowest BCUT2D eigenvalue weighted by molar-refractivity contribution is 0.674. The molecule has 1 aliphatic carbocycles. The molecular weight excluding hydrogens is 110 g/mol. The Morgan fingerprint density at radius 1 is 1.44 bits per heavy atom. The number of rotatable bonds is 0. The Hall–Kier alpha value is -0.330. The van der Waals surface area contributed by atoms with Crippen LogP contribution in [-0.2, 0) is 0 Å². The van der Waals surface area contributed by atoms with E-state index in [1.165, 1.54) is 12.8 Å². The molecule has 2 aliphatic rings. The van der Waals surface area contributed by atoms with Crippen molar-refractivity contribution >= 4 is 6.21 Å². The molecular formula is C8H13N. The molecule has 3 atom stereocenters. The van der Waals surface area contributed by atoms with Gasteiger partial charge in [0.1, 0.15) is 0 Å². The highest BCUT2D eigenvalue weighted by Crippen LogP contribution is 2.50. The van der Waals surface area contributed by atoms with Crippen LogP contribution >= 0.6 is 0 Å². The average Bonchev–Trinajstić information content (AvgIpc) is 2.51. The monoisotopic (exact) mass is 123 g/mol. The topological polar surface area (TPSA) is 12.4 Å². The summed E-state index contributed by atoms with van der Waals surface area (Å²) < 4.78 is 0. The molecule has 1 heterocycles. The molecule has 1 fully saturated rings. The smallest absolute Gasteiger partial charge is 0.0388 e. The van der Waals surface area contributed by atoms with Crippen LogP contribution in [0.2, 0.25) is 0 Å². The lowest BCUT2D eigenvalue weighted by Crippen LogP contribution is -1.83. The highest BCUT2D eigenvalue weighted by atomic mass is 14.7. The maximum Gasteiger partial charge on any atom is 0.0388 e. The van der Waals surface area contributed by atoms with E-state index in [1.54, 1.807) is 0 Å². The molecule has 1 aliphatic heterocycles. The normalized spacial score (nSPS) is 47.9. The molecule has 50 valence electrons. The fraction of sp³-hybridized carbons (Fsp3) is 0.875. The van der Waals surface area contributed by atoms with Gasteiger partial charge >= 0.3 is 0 Å². The molecule has 1 saturated carbocycles. The van der Waals surface area contributed by atoms with Crippen molar-refractivity contribution in [1.29, 1.82) is 0 Å². The Bertz CT molecular complexity index is 140. The summed E-state index contributed by atoms with van der Waals surface area (Å²) in [6.45, 7) is 3.46. The fourth-order valence-electron chi connectivity index (χ4n) is 2.01. The summed E-state index contributed by atoms with van der Waals surface area (Å²) in [5.74, 6) is 3.06. The van der Waals surface area contributed by atoms with Gasteiger partial charge in [-0.2, -0.15) is 0 Å². The second-order valence-corrected chi connectivity index (χ2v) is 3.30. The third kappa shape index (κ3) is 0.790. The van der Waals surface area contributed by atoms with Gasteiger partial charge in [0.05, 0.1) is 0 Å². The maximum absolute atomic E-state index is 4.26. The molecule has 0 aromatic heterocycles. The van der Waals surface area contributed by atoms with Crippen LogP contribution in [0.4, 0.5) is 0 Å². The van der Waals surface area contributed by atoms with Crippen molar-refractivity contribution in [3.05, 3.63) is 0 Å². The van der Waals surface area contributed by atoms with Crippen molar-refractivity contribution in [3.63, 3.8) is 0 Å². The minimum Gasteiger partial charge on any atom is -0.298 e. The molecule has 0 bridgehead atoms. The first-order valence-corrected chi connectivity index (χ1v) is 3.88. The number of aliphatic imine (C=N–C) groups is 1. The third-order valence-corrected chi connectivity index (χ3v) is 2.86. The molecule has 0 saturated heterocycles. The van der Waals surface area contributed by atoms with Gasteiger partial charge in [-0.15, -0.1) is 0 Å². The molecule has 1 heteroatoms. The van der Waals surface area contributed by atoms with E-state index in [9.17, 15) is 0 Å². The summed E-state index contributed by atoms with van der Waals surface area (Å²) in [5, 5.41) is 0. The third-order valence-electron chi connectivity index (χ3n) is 2.86. The molecule has 0 aromatic carbocycles. The molecule has 2 rings (SSSR count). The van der Waals surface area contributed by atoms with Gasteiger partial charge in [-0.1, -0.05) is 6.92 Å². The summed E-state index contributed by atoms with van der Waals surface area (Å²) in [4.78, 5) is 4.26. The van der Waals surface area contributed by atoms with E-state index in [4.69, 9.17) is 0 Å². The first-order valence-electron chi connectivity index (χ1n) is 3.88. The predicted molar refractivity (Wildman–Crippen MR) is 38.7 cm³/mol. The Balaban J connectivity index is 2.01. The van der Waals surface area contributed by atoms with E-state index in [0.717, 1.165) is 24.3 Å². The number of nitrogens with zero attached hydrogens (tertiary/aromatic N) is 1. The first kappa shape index (κ1) is 5.45. The van der Waals surface area contributed by atoms with Crippen molar-refractivity contribution < 1.29 is 0 Å². The Labute approximate surface area is 56.2 Å². The second-order valence-electron chi connectivity index (χ2n) is 3.30. The lowest BCUT2D eigenvalue weighted by atomic mass is 10.2. The Kier molecular flexibility index (Phi) is 1.11. The van der Waals surface area contributed by atoms with Crippen LogP contribution in [0, 0.1) is 17.8 Å². The van der Waals surface area contributed by atoms with Crippen LogP contribution in [0.5, 0.6) is 0 Å². The van der Waals surface area contributed by atoms with Gasteiger partial charge in [0.2, 0.25) is 0 Å². The lowest BCUT2D eigenvalue weighted by Gasteiger charge is -1.88. The summed E-state index contributed by atoms with van der Waals surface area (Å²) in [6, 6.07) is 0. The summed E-state index contributed by atoms with van der Waals surface area (Å²) in [6.07, 6.45) is 4.72. The Morgan fingerprint density at radius 3 is 3.22 bits per heavy atom. The van der Waals surface area contributed by atoms with Crippen LogP contribution < -0.4 is 0 Å². The fourth-order valence-corrected chi connectivity index (χ4v) is 2.01. The zero-order valence-electron chi connectivity index (χ0n) is 5.88. The molecule has 1 nitrogen and oxygen atoms in total. The molecule has 0 spiro atoms. The first-order chi connectivity index (χ1) is 4.39. The van der Waals surface area contributed by atoms with Gasteiger partial charge in [-0.05, 0) is 36.8 Å². The van der Waals surface area contributed by atoms with Gasteiger partial charge in [0, 0.05) is 6.54 Å². The molecule has 3 unspecified atom stereocenters. The van der Waals surface area contributed by atoms with E-state index in [0.29, 0.717) is 0 Å². The van der Waals surface area contributed by atoms with Gasteiger partial charge in [-0.25, -0.2) is 0 Å². The van der Waals surface area contributed by atoms with E-state index >= 15 is 0 Å². The van der Waals surface area contributed by atoms with Crippen LogP contribution in [0.25, 0.3) is 0 Å². The van der Waals surface area contributed by atoms with Gasteiger partial charge in [0.25, 0.3) is 0 Å². The summed E-state index contributed by atoms with van der Waals surface area (Å²) in [5.41, 5.74) is 0. The van der Waals surface area contributed by atoms with E-state index in [-0.39, 0.29) is 0 Å². The standard InChI is InChI=1S/C8H13N/c1-6-7-2-4-9-5-3-8(6)7/h4,6-8H,2-3,5H2,1H3. The predicted octanol–water partition coefficient (Wildman–Crippen LogP) is 1.73. The second kappa shape index (κ2) is 1.83.